The van der Waals surface area contributed by atoms with E-state index in [-0.39, 0.29) is 0 Å². The highest BCUT2D eigenvalue weighted by atomic mass is 16.6. The van der Waals surface area contributed by atoms with Crippen LogP contribution in [0.3, 0.4) is 0 Å². The van der Waals surface area contributed by atoms with Gasteiger partial charge in [-0.3, -0.25) is 0 Å². The van der Waals surface area contributed by atoms with Crippen LogP contribution in [0.4, 0.5) is 0 Å². The van der Waals surface area contributed by atoms with E-state index in [2.05, 4.69) is 4.84 Å². The number of nitrogens with two attached hydrogens (primary N) is 1. The third-order valence-corrected chi connectivity index (χ3v) is 1.45. The van der Waals surface area contributed by atoms with Crippen molar-refractivity contribution in [2.24, 2.45) is 5.90 Å². The molecule has 4 heteroatoms. The zero-order chi connectivity index (χ0) is 9.52. The molecule has 0 spiro atoms. The Morgan fingerprint density at radius 1 is 1.23 bits per heavy atom. The van der Waals surface area contributed by atoms with Crippen molar-refractivity contribution in [2.75, 3.05) is 13.2 Å². The molecule has 68 valence electrons. The summed E-state index contributed by atoms with van der Waals surface area (Å²) in [6, 6.07) is 8.87. The molecule has 0 bridgehead atoms. The molecule has 0 aliphatic carbocycles. The van der Waals surface area contributed by atoms with Crippen LogP contribution in [0.5, 0.6) is 5.75 Å². The molecule has 4 nitrogen and oxygen atoms in total. The third kappa shape index (κ3) is 3.11. The van der Waals surface area contributed by atoms with Gasteiger partial charge in [0.15, 0.2) is 0 Å². The molecule has 0 fully saturated rings. The Kier molecular flexibility index (Phi) is 3.76. The van der Waals surface area contributed by atoms with Gasteiger partial charge in [0.05, 0.1) is 11.6 Å². The molecule has 0 unspecified atom stereocenters. The largest absolute Gasteiger partial charge is 0.491 e. The molecule has 13 heavy (non-hydrogen) atoms. The minimum atomic E-state index is 0.347. The first-order chi connectivity index (χ1) is 6.36. The van der Waals surface area contributed by atoms with Crippen LogP contribution >= 0.6 is 0 Å². The first kappa shape index (κ1) is 9.52. The molecule has 0 atom stereocenters. The van der Waals surface area contributed by atoms with E-state index in [0.29, 0.717) is 24.5 Å². The van der Waals surface area contributed by atoms with Gasteiger partial charge in [-0.1, -0.05) is 0 Å². The second-order valence-corrected chi connectivity index (χ2v) is 2.36. The molecule has 0 radical (unpaired) electrons. The van der Waals surface area contributed by atoms with E-state index >= 15 is 0 Å². The van der Waals surface area contributed by atoms with Crippen molar-refractivity contribution in [2.45, 2.75) is 0 Å². The Labute approximate surface area is 76.4 Å². The smallest absolute Gasteiger partial charge is 0.119 e. The molecule has 2 N–H and O–H groups in total. The summed E-state index contributed by atoms with van der Waals surface area (Å²) in [6.07, 6.45) is 0. The molecule has 0 aliphatic heterocycles. The molecule has 1 aromatic rings. The summed E-state index contributed by atoms with van der Waals surface area (Å²) in [5, 5.41) is 8.52. The zero-order valence-electron chi connectivity index (χ0n) is 7.06. The Morgan fingerprint density at radius 2 is 1.92 bits per heavy atom. The van der Waals surface area contributed by atoms with Crippen LogP contribution in [0, 0.1) is 11.3 Å². The summed E-state index contributed by atoms with van der Waals surface area (Å²) < 4.78 is 5.23. The Hall–Kier alpha value is -1.57. The van der Waals surface area contributed by atoms with Gasteiger partial charge in [0.2, 0.25) is 0 Å². The van der Waals surface area contributed by atoms with Gasteiger partial charge in [-0.25, -0.2) is 5.90 Å². The monoisotopic (exact) mass is 178 g/mol. The van der Waals surface area contributed by atoms with E-state index in [4.69, 9.17) is 15.9 Å². The summed E-state index contributed by atoms with van der Waals surface area (Å²) in [4.78, 5) is 4.33. The van der Waals surface area contributed by atoms with Crippen molar-refractivity contribution in [3.8, 4) is 11.8 Å². The Morgan fingerprint density at radius 3 is 2.46 bits per heavy atom. The Balaban J connectivity index is 2.46. The lowest BCUT2D eigenvalue weighted by Crippen LogP contribution is -2.09. The van der Waals surface area contributed by atoms with Crippen molar-refractivity contribution >= 4 is 0 Å². The third-order valence-electron chi connectivity index (χ3n) is 1.45. The normalized spacial score (nSPS) is 9.23. The van der Waals surface area contributed by atoms with E-state index < -0.39 is 0 Å². The van der Waals surface area contributed by atoms with Gasteiger partial charge in [0, 0.05) is 0 Å². The van der Waals surface area contributed by atoms with Crippen LogP contribution in [0.15, 0.2) is 24.3 Å². The predicted molar refractivity (Wildman–Crippen MR) is 46.8 cm³/mol. The quantitative estimate of drug-likeness (QED) is 0.547. The van der Waals surface area contributed by atoms with Crippen LogP contribution in [0.2, 0.25) is 0 Å². The van der Waals surface area contributed by atoms with Gasteiger partial charge in [0.1, 0.15) is 19.0 Å². The van der Waals surface area contributed by atoms with Crippen LogP contribution < -0.4 is 10.6 Å². The standard InChI is InChI=1S/C9H10N2O2/c10-7-8-1-3-9(4-2-8)12-5-6-13-11/h1-4H,5-6,11H2. The number of nitriles is 1. The SMILES string of the molecule is N#Cc1ccc(OCCON)cc1. The van der Waals surface area contributed by atoms with Gasteiger partial charge in [-0.2, -0.15) is 5.26 Å². The van der Waals surface area contributed by atoms with Crippen LogP contribution in [-0.2, 0) is 4.84 Å². The fourth-order valence-corrected chi connectivity index (χ4v) is 0.833. The topological polar surface area (TPSA) is 68.3 Å². The van der Waals surface area contributed by atoms with E-state index in [1.54, 1.807) is 24.3 Å². The molecule has 0 aliphatic rings. The lowest BCUT2D eigenvalue weighted by atomic mass is 10.2. The number of nitrogens with zero attached hydrogens (tertiary/aromatic N) is 1. The first-order valence-corrected chi connectivity index (χ1v) is 3.81. The number of rotatable bonds is 4. The maximum absolute atomic E-state index is 8.52. The van der Waals surface area contributed by atoms with Gasteiger partial charge in [0.25, 0.3) is 0 Å². The highest BCUT2D eigenvalue weighted by Crippen LogP contribution is 2.10. The summed E-state index contributed by atoms with van der Waals surface area (Å²) in [6.45, 7) is 0.752. The summed E-state index contributed by atoms with van der Waals surface area (Å²) in [7, 11) is 0. The van der Waals surface area contributed by atoms with E-state index in [9.17, 15) is 0 Å². The fraction of sp³-hybridized carbons (Fsp3) is 0.222. The molecule has 0 amide bonds. The minimum Gasteiger partial charge on any atom is -0.491 e. The summed E-state index contributed by atoms with van der Waals surface area (Å²) in [5.74, 6) is 5.52. The predicted octanol–water partition coefficient (Wildman–Crippen LogP) is 0.827. The van der Waals surface area contributed by atoms with E-state index in [1.807, 2.05) is 6.07 Å². The fourth-order valence-electron chi connectivity index (χ4n) is 0.833. The molecule has 0 saturated heterocycles. The lowest BCUT2D eigenvalue weighted by Gasteiger charge is -2.03. The molecule has 1 rings (SSSR count). The maximum Gasteiger partial charge on any atom is 0.119 e. The highest BCUT2D eigenvalue weighted by Gasteiger charge is 1.93. The van der Waals surface area contributed by atoms with Crippen molar-refractivity contribution in [1.82, 2.24) is 0 Å². The zero-order valence-corrected chi connectivity index (χ0v) is 7.06. The average molecular weight is 178 g/mol. The highest BCUT2D eigenvalue weighted by molar-refractivity contribution is 5.34. The van der Waals surface area contributed by atoms with E-state index in [1.165, 1.54) is 0 Å². The number of hydrogen-bond acceptors (Lipinski definition) is 4. The Bertz CT molecular complexity index is 289. The average Bonchev–Trinajstić information content (AvgIpc) is 2.19. The van der Waals surface area contributed by atoms with Crippen molar-refractivity contribution in [3.05, 3.63) is 29.8 Å². The molecule has 1 aromatic carbocycles. The molecule has 0 heterocycles. The number of hydrogen-bond donors (Lipinski definition) is 1. The van der Waals surface area contributed by atoms with Crippen LogP contribution in [0.25, 0.3) is 0 Å². The van der Waals surface area contributed by atoms with Crippen LogP contribution in [0.1, 0.15) is 5.56 Å². The minimum absolute atomic E-state index is 0.347. The summed E-state index contributed by atoms with van der Waals surface area (Å²) in [5.41, 5.74) is 0.613. The second kappa shape index (κ2) is 5.14. The molecule has 0 saturated carbocycles. The lowest BCUT2D eigenvalue weighted by molar-refractivity contribution is 0.102. The van der Waals surface area contributed by atoms with Gasteiger partial charge < -0.3 is 9.57 Å². The first-order valence-electron chi connectivity index (χ1n) is 3.81. The number of benzene rings is 1. The van der Waals surface area contributed by atoms with Crippen molar-refractivity contribution in [1.29, 1.82) is 5.26 Å². The van der Waals surface area contributed by atoms with Gasteiger partial charge in [-0.05, 0) is 24.3 Å². The van der Waals surface area contributed by atoms with Gasteiger partial charge >= 0.3 is 0 Å². The second-order valence-electron chi connectivity index (χ2n) is 2.36. The summed E-state index contributed by atoms with van der Waals surface area (Å²) >= 11 is 0. The van der Waals surface area contributed by atoms with Gasteiger partial charge in [-0.15, -0.1) is 0 Å². The van der Waals surface area contributed by atoms with Crippen molar-refractivity contribution < 1.29 is 9.57 Å². The molecule has 0 aromatic heterocycles. The molecular formula is C9H10N2O2. The van der Waals surface area contributed by atoms with E-state index in [0.717, 1.165) is 0 Å². The number of ether oxygens (including phenoxy) is 1. The maximum atomic E-state index is 8.52. The van der Waals surface area contributed by atoms with Crippen molar-refractivity contribution in [3.63, 3.8) is 0 Å². The molecular weight excluding hydrogens is 168 g/mol. The van der Waals surface area contributed by atoms with Crippen LogP contribution in [-0.4, -0.2) is 13.2 Å².